The number of phenols is 1. The second-order valence-electron chi connectivity index (χ2n) is 8.46. The number of phenolic OH excluding ortho intramolecular Hbond substituents is 1. The molecule has 0 radical (unpaired) electrons. The molecular formula is C26H33NO. The second kappa shape index (κ2) is 9.78. The minimum atomic E-state index is -0.313. The van der Waals surface area contributed by atoms with Crippen molar-refractivity contribution in [2.45, 2.75) is 76.5 Å². The molecule has 1 aliphatic rings. The van der Waals surface area contributed by atoms with Gasteiger partial charge in [-0.3, -0.25) is 0 Å². The highest BCUT2D eigenvalue weighted by Gasteiger charge is 2.36. The molecule has 0 aliphatic heterocycles. The highest BCUT2D eigenvalue weighted by molar-refractivity contribution is 5.64. The lowest BCUT2D eigenvalue weighted by atomic mass is 9.66. The Balaban J connectivity index is 1.59. The fraction of sp³-hybridized carbons (Fsp3) is 0.500. The molecule has 28 heavy (non-hydrogen) atoms. The van der Waals surface area contributed by atoms with Crippen molar-refractivity contribution in [2.75, 3.05) is 0 Å². The van der Waals surface area contributed by atoms with E-state index in [0.29, 0.717) is 0 Å². The van der Waals surface area contributed by atoms with Gasteiger partial charge in [-0.1, -0.05) is 81.8 Å². The average molecular weight is 376 g/mol. The van der Waals surface area contributed by atoms with E-state index in [1.165, 1.54) is 56.9 Å². The van der Waals surface area contributed by atoms with E-state index in [1.54, 1.807) is 12.1 Å². The van der Waals surface area contributed by atoms with E-state index < -0.39 is 0 Å². The van der Waals surface area contributed by atoms with Gasteiger partial charge in [0.15, 0.2) is 0 Å². The van der Waals surface area contributed by atoms with Crippen LogP contribution in [0.1, 0.15) is 76.7 Å². The molecule has 0 spiro atoms. The standard InChI is InChI=1S/C26H33NO/c1-2-3-4-5-6-7-21-16-18-26(20-27,19-17-21)24-12-8-22(9-13-24)23-10-14-25(28)15-11-23/h8-15,21,28H,2-7,16-19H2,1H3/t21-,26+. The van der Waals surface area contributed by atoms with E-state index >= 15 is 0 Å². The molecule has 0 saturated heterocycles. The van der Waals surface area contributed by atoms with Crippen LogP contribution >= 0.6 is 0 Å². The van der Waals surface area contributed by atoms with Crippen molar-refractivity contribution in [3.8, 4) is 22.9 Å². The van der Waals surface area contributed by atoms with Crippen LogP contribution in [0.15, 0.2) is 48.5 Å². The molecule has 2 aromatic carbocycles. The Morgan fingerprint density at radius 3 is 2.04 bits per heavy atom. The molecule has 2 nitrogen and oxygen atoms in total. The second-order valence-corrected chi connectivity index (χ2v) is 8.46. The first-order valence-electron chi connectivity index (χ1n) is 11.0. The topological polar surface area (TPSA) is 44.0 Å². The smallest absolute Gasteiger partial charge is 0.115 e. The highest BCUT2D eigenvalue weighted by atomic mass is 16.3. The molecule has 148 valence electrons. The normalized spacial score (nSPS) is 21.9. The number of nitrogens with zero attached hydrogens (tertiary/aromatic N) is 1. The number of rotatable bonds is 8. The van der Waals surface area contributed by atoms with Crippen LogP contribution in [0.3, 0.4) is 0 Å². The minimum absolute atomic E-state index is 0.283. The molecule has 1 saturated carbocycles. The summed E-state index contributed by atoms with van der Waals surface area (Å²) < 4.78 is 0. The zero-order valence-corrected chi connectivity index (χ0v) is 17.2. The summed E-state index contributed by atoms with van der Waals surface area (Å²) >= 11 is 0. The van der Waals surface area contributed by atoms with E-state index in [2.05, 4.69) is 37.3 Å². The number of nitriles is 1. The van der Waals surface area contributed by atoms with Gasteiger partial charge < -0.3 is 5.11 Å². The Morgan fingerprint density at radius 2 is 1.46 bits per heavy atom. The summed E-state index contributed by atoms with van der Waals surface area (Å²) in [6.07, 6.45) is 12.4. The molecule has 2 heteroatoms. The van der Waals surface area contributed by atoms with Crippen LogP contribution in [-0.4, -0.2) is 5.11 Å². The summed E-state index contributed by atoms with van der Waals surface area (Å²) in [7, 11) is 0. The molecule has 0 atom stereocenters. The van der Waals surface area contributed by atoms with Gasteiger partial charge in [-0.25, -0.2) is 0 Å². The van der Waals surface area contributed by atoms with Gasteiger partial charge in [0.1, 0.15) is 5.75 Å². The van der Waals surface area contributed by atoms with Gasteiger partial charge in [0.25, 0.3) is 0 Å². The molecule has 1 fully saturated rings. The lowest BCUT2D eigenvalue weighted by molar-refractivity contribution is 0.261. The summed E-state index contributed by atoms with van der Waals surface area (Å²) in [5.74, 6) is 1.09. The third kappa shape index (κ3) is 4.96. The number of hydrogen-bond acceptors (Lipinski definition) is 2. The molecule has 1 aliphatic carbocycles. The van der Waals surface area contributed by atoms with Crippen LogP contribution in [-0.2, 0) is 5.41 Å². The van der Waals surface area contributed by atoms with Crippen molar-refractivity contribution in [1.29, 1.82) is 5.26 Å². The van der Waals surface area contributed by atoms with Gasteiger partial charge in [0.2, 0.25) is 0 Å². The maximum atomic E-state index is 9.99. The Kier molecular flexibility index (Phi) is 7.15. The minimum Gasteiger partial charge on any atom is -0.508 e. The summed E-state index contributed by atoms with van der Waals surface area (Å²) in [6, 6.07) is 18.4. The summed E-state index contributed by atoms with van der Waals surface area (Å²) in [4.78, 5) is 0. The fourth-order valence-corrected chi connectivity index (χ4v) is 4.60. The number of aromatic hydroxyl groups is 1. The largest absolute Gasteiger partial charge is 0.508 e. The van der Waals surface area contributed by atoms with Crippen LogP contribution in [0.2, 0.25) is 0 Å². The van der Waals surface area contributed by atoms with Gasteiger partial charge in [-0.2, -0.15) is 5.26 Å². The van der Waals surface area contributed by atoms with Crippen LogP contribution in [0.5, 0.6) is 5.75 Å². The number of unbranched alkanes of at least 4 members (excludes halogenated alkanes) is 4. The average Bonchev–Trinajstić information content (AvgIpc) is 2.75. The van der Waals surface area contributed by atoms with Gasteiger partial charge in [0, 0.05) is 0 Å². The first kappa shape index (κ1) is 20.5. The molecular weight excluding hydrogens is 342 g/mol. The van der Waals surface area contributed by atoms with Gasteiger partial charge >= 0.3 is 0 Å². The lowest BCUT2D eigenvalue weighted by Crippen LogP contribution is -2.30. The van der Waals surface area contributed by atoms with Crippen LogP contribution in [0.4, 0.5) is 0 Å². The molecule has 0 unspecified atom stereocenters. The molecule has 0 heterocycles. The Bertz CT molecular complexity index is 762. The molecule has 0 amide bonds. The Morgan fingerprint density at radius 1 is 0.893 bits per heavy atom. The third-order valence-corrected chi connectivity index (χ3v) is 6.53. The Labute approximate surface area is 170 Å². The predicted molar refractivity (Wildman–Crippen MR) is 116 cm³/mol. The molecule has 1 N–H and O–H groups in total. The van der Waals surface area contributed by atoms with Gasteiger partial charge in [-0.05, 0) is 60.4 Å². The highest BCUT2D eigenvalue weighted by Crippen LogP contribution is 2.43. The van der Waals surface area contributed by atoms with Crippen LogP contribution < -0.4 is 0 Å². The van der Waals surface area contributed by atoms with Gasteiger partial charge in [0.05, 0.1) is 11.5 Å². The summed E-state index contributed by atoms with van der Waals surface area (Å²) in [5, 5.41) is 19.5. The van der Waals surface area contributed by atoms with Crippen molar-refractivity contribution < 1.29 is 5.11 Å². The van der Waals surface area contributed by atoms with Gasteiger partial charge in [-0.15, -0.1) is 0 Å². The number of hydrogen-bond donors (Lipinski definition) is 1. The SMILES string of the molecule is CCCCCCC[C@H]1CC[C@@](C#N)(c2ccc(-c3ccc(O)cc3)cc2)CC1. The van der Waals surface area contributed by atoms with E-state index in [9.17, 15) is 10.4 Å². The van der Waals surface area contributed by atoms with Crippen molar-refractivity contribution >= 4 is 0 Å². The van der Waals surface area contributed by atoms with Crippen LogP contribution in [0.25, 0.3) is 11.1 Å². The van der Waals surface area contributed by atoms with E-state index in [1.807, 2.05) is 12.1 Å². The molecule has 2 aromatic rings. The quantitative estimate of drug-likeness (QED) is 0.489. The fourth-order valence-electron chi connectivity index (χ4n) is 4.60. The maximum absolute atomic E-state index is 9.99. The summed E-state index contributed by atoms with van der Waals surface area (Å²) in [6.45, 7) is 2.26. The predicted octanol–water partition coefficient (Wildman–Crippen LogP) is 7.37. The lowest BCUT2D eigenvalue weighted by Gasteiger charge is -2.35. The van der Waals surface area contributed by atoms with Crippen molar-refractivity contribution in [3.63, 3.8) is 0 Å². The molecule has 0 aromatic heterocycles. The van der Waals surface area contributed by atoms with Crippen molar-refractivity contribution in [2.24, 2.45) is 5.92 Å². The van der Waals surface area contributed by atoms with Crippen molar-refractivity contribution in [3.05, 3.63) is 54.1 Å². The molecule has 3 rings (SSSR count). The summed E-state index contributed by atoms with van der Waals surface area (Å²) in [5.41, 5.74) is 3.06. The monoisotopic (exact) mass is 375 g/mol. The maximum Gasteiger partial charge on any atom is 0.115 e. The Hall–Kier alpha value is -2.27. The van der Waals surface area contributed by atoms with E-state index in [0.717, 1.165) is 29.9 Å². The zero-order chi connectivity index (χ0) is 19.8. The third-order valence-electron chi connectivity index (χ3n) is 6.53. The van der Waals surface area contributed by atoms with E-state index in [4.69, 9.17) is 0 Å². The zero-order valence-electron chi connectivity index (χ0n) is 17.2. The van der Waals surface area contributed by atoms with Crippen molar-refractivity contribution in [1.82, 2.24) is 0 Å². The first-order chi connectivity index (χ1) is 13.7. The van der Waals surface area contributed by atoms with Crippen LogP contribution in [0, 0.1) is 17.2 Å². The van der Waals surface area contributed by atoms with E-state index in [-0.39, 0.29) is 11.2 Å². The molecule has 0 bridgehead atoms. The number of benzene rings is 2. The first-order valence-corrected chi connectivity index (χ1v) is 11.0.